The molecule has 1 heterocycles. The van der Waals surface area contributed by atoms with E-state index in [1.165, 1.54) is 25.8 Å². The van der Waals surface area contributed by atoms with Crippen molar-refractivity contribution in [3.63, 3.8) is 0 Å². The predicted molar refractivity (Wildman–Crippen MR) is 91.3 cm³/mol. The van der Waals surface area contributed by atoms with Gasteiger partial charge in [0, 0.05) is 50.9 Å². The Morgan fingerprint density at radius 2 is 1.83 bits per heavy atom. The first-order chi connectivity index (χ1) is 11.2. The highest BCUT2D eigenvalue weighted by atomic mass is 16.6. The molecule has 1 aliphatic heterocycles. The van der Waals surface area contributed by atoms with Gasteiger partial charge in [0.2, 0.25) is 0 Å². The number of hydrogen-bond donors (Lipinski definition) is 0. The van der Waals surface area contributed by atoms with Crippen LogP contribution in [0.15, 0.2) is 36.4 Å². The number of nitro benzene ring substituents is 1. The molecule has 1 aromatic rings. The lowest BCUT2D eigenvalue weighted by Crippen LogP contribution is -2.47. The van der Waals surface area contributed by atoms with E-state index in [4.69, 9.17) is 0 Å². The van der Waals surface area contributed by atoms with E-state index in [1.54, 1.807) is 12.1 Å². The first kappa shape index (κ1) is 16.1. The number of allylic oxidation sites excluding steroid dienone is 2. The molecule has 0 saturated carbocycles. The summed E-state index contributed by atoms with van der Waals surface area (Å²) in [6, 6.07) is 7.09. The summed E-state index contributed by atoms with van der Waals surface area (Å²) >= 11 is 0. The number of para-hydroxylation sites is 1. The number of piperazine rings is 1. The standard InChI is InChI=1S/C18H25N3O2/c22-21(23)18-9-5-4-8-17(18)15-20-12-10-19(11-13-20)14-16-6-2-1-3-7-16/h1-2,4-5,8-9,16H,3,6-7,10-15H2/t16-/m0/s1. The van der Waals surface area contributed by atoms with E-state index in [-0.39, 0.29) is 10.6 Å². The summed E-state index contributed by atoms with van der Waals surface area (Å²) in [5, 5.41) is 11.1. The zero-order valence-electron chi connectivity index (χ0n) is 13.6. The van der Waals surface area contributed by atoms with Crippen LogP contribution in [0.25, 0.3) is 0 Å². The summed E-state index contributed by atoms with van der Waals surface area (Å²) in [7, 11) is 0. The molecule has 5 heteroatoms. The van der Waals surface area contributed by atoms with Gasteiger partial charge in [0.1, 0.15) is 0 Å². The van der Waals surface area contributed by atoms with E-state index in [2.05, 4.69) is 22.0 Å². The fourth-order valence-corrected chi connectivity index (χ4v) is 3.58. The largest absolute Gasteiger partial charge is 0.301 e. The third-order valence-corrected chi connectivity index (χ3v) is 4.94. The summed E-state index contributed by atoms with van der Waals surface area (Å²) in [6.07, 6.45) is 8.37. The van der Waals surface area contributed by atoms with Gasteiger partial charge in [0.15, 0.2) is 0 Å². The van der Waals surface area contributed by atoms with E-state index >= 15 is 0 Å². The van der Waals surface area contributed by atoms with Crippen LogP contribution in [-0.4, -0.2) is 47.4 Å². The first-order valence-corrected chi connectivity index (χ1v) is 8.54. The summed E-state index contributed by atoms with van der Waals surface area (Å²) in [4.78, 5) is 15.7. The number of hydrogen-bond acceptors (Lipinski definition) is 4. The average Bonchev–Trinajstić information content (AvgIpc) is 2.58. The summed E-state index contributed by atoms with van der Waals surface area (Å²) in [5.74, 6) is 0.807. The van der Waals surface area contributed by atoms with Crippen molar-refractivity contribution >= 4 is 5.69 Å². The molecule has 1 fully saturated rings. The van der Waals surface area contributed by atoms with Crippen LogP contribution in [0.4, 0.5) is 5.69 Å². The molecule has 0 amide bonds. The number of benzene rings is 1. The summed E-state index contributed by atoms with van der Waals surface area (Å²) < 4.78 is 0. The highest BCUT2D eigenvalue weighted by molar-refractivity contribution is 5.39. The maximum Gasteiger partial charge on any atom is 0.273 e. The van der Waals surface area contributed by atoms with E-state index < -0.39 is 0 Å². The molecule has 0 spiro atoms. The van der Waals surface area contributed by atoms with Crippen molar-refractivity contribution in [1.82, 2.24) is 9.80 Å². The van der Waals surface area contributed by atoms with Crippen molar-refractivity contribution in [3.8, 4) is 0 Å². The van der Waals surface area contributed by atoms with Crippen molar-refractivity contribution in [2.24, 2.45) is 5.92 Å². The lowest BCUT2D eigenvalue weighted by Gasteiger charge is -2.36. The molecule has 0 unspecified atom stereocenters. The van der Waals surface area contributed by atoms with Crippen LogP contribution >= 0.6 is 0 Å². The molecule has 23 heavy (non-hydrogen) atoms. The van der Waals surface area contributed by atoms with Gasteiger partial charge in [-0.3, -0.25) is 15.0 Å². The van der Waals surface area contributed by atoms with Gasteiger partial charge < -0.3 is 4.90 Å². The second-order valence-corrected chi connectivity index (χ2v) is 6.61. The van der Waals surface area contributed by atoms with Crippen LogP contribution in [0.5, 0.6) is 0 Å². The Labute approximate surface area is 137 Å². The highest BCUT2D eigenvalue weighted by Gasteiger charge is 2.22. The monoisotopic (exact) mass is 315 g/mol. The van der Waals surface area contributed by atoms with Gasteiger partial charge in [0.25, 0.3) is 5.69 Å². The predicted octanol–water partition coefficient (Wildman–Crippen LogP) is 3.07. The SMILES string of the molecule is O=[N+]([O-])c1ccccc1CN1CCN(C[C@H]2CC=CCC2)CC1. The van der Waals surface area contributed by atoms with Gasteiger partial charge in [-0.1, -0.05) is 30.4 Å². The minimum Gasteiger partial charge on any atom is -0.301 e. The van der Waals surface area contributed by atoms with Crippen LogP contribution in [0.3, 0.4) is 0 Å². The quantitative estimate of drug-likeness (QED) is 0.476. The number of nitro groups is 1. The van der Waals surface area contributed by atoms with Gasteiger partial charge in [-0.05, 0) is 25.2 Å². The van der Waals surface area contributed by atoms with E-state index in [9.17, 15) is 10.1 Å². The Kier molecular flexibility index (Phi) is 5.41. The van der Waals surface area contributed by atoms with E-state index in [0.29, 0.717) is 6.54 Å². The maximum absolute atomic E-state index is 11.1. The van der Waals surface area contributed by atoms with Crippen molar-refractivity contribution < 1.29 is 4.92 Å². The van der Waals surface area contributed by atoms with Gasteiger partial charge in [-0.2, -0.15) is 0 Å². The van der Waals surface area contributed by atoms with E-state index in [1.807, 2.05) is 12.1 Å². The lowest BCUT2D eigenvalue weighted by atomic mass is 9.94. The van der Waals surface area contributed by atoms with Crippen molar-refractivity contribution in [2.45, 2.75) is 25.8 Å². The summed E-state index contributed by atoms with van der Waals surface area (Å²) in [6.45, 7) is 6.01. The lowest BCUT2D eigenvalue weighted by molar-refractivity contribution is -0.385. The molecule has 0 bridgehead atoms. The number of rotatable bonds is 5. The molecule has 0 N–H and O–H groups in total. The van der Waals surface area contributed by atoms with Gasteiger partial charge >= 0.3 is 0 Å². The topological polar surface area (TPSA) is 49.6 Å². The molecule has 2 aliphatic rings. The molecule has 5 nitrogen and oxygen atoms in total. The summed E-state index contributed by atoms with van der Waals surface area (Å²) in [5.41, 5.74) is 1.06. The van der Waals surface area contributed by atoms with Crippen LogP contribution in [0.2, 0.25) is 0 Å². The maximum atomic E-state index is 11.1. The van der Waals surface area contributed by atoms with E-state index in [0.717, 1.165) is 37.7 Å². The zero-order chi connectivity index (χ0) is 16.1. The fraction of sp³-hybridized carbons (Fsp3) is 0.556. The Morgan fingerprint density at radius 3 is 2.52 bits per heavy atom. The normalized spacial score (nSPS) is 23.0. The molecule has 1 aromatic carbocycles. The molecular formula is C18H25N3O2. The minimum atomic E-state index is -0.276. The molecule has 1 aliphatic carbocycles. The van der Waals surface area contributed by atoms with Crippen LogP contribution < -0.4 is 0 Å². The first-order valence-electron chi connectivity index (χ1n) is 8.54. The molecule has 3 rings (SSSR count). The number of nitrogens with zero attached hydrogens (tertiary/aromatic N) is 3. The molecule has 1 atom stereocenters. The second kappa shape index (κ2) is 7.70. The minimum absolute atomic E-state index is 0.240. The molecule has 0 aromatic heterocycles. The highest BCUT2D eigenvalue weighted by Crippen LogP contribution is 2.22. The molecule has 124 valence electrons. The average molecular weight is 315 g/mol. The Balaban J connectivity index is 1.49. The van der Waals surface area contributed by atoms with Gasteiger partial charge in [-0.15, -0.1) is 0 Å². The van der Waals surface area contributed by atoms with Crippen molar-refractivity contribution in [2.75, 3.05) is 32.7 Å². The Hall–Kier alpha value is -1.72. The Morgan fingerprint density at radius 1 is 1.09 bits per heavy atom. The smallest absolute Gasteiger partial charge is 0.273 e. The zero-order valence-corrected chi connectivity index (χ0v) is 13.6. The van der Waals surface area contributed by atoms with Gasteiger partial charge in [-0.25, -0.2) is 0 Å². The molecular weight excluding hydrogens is 290 g/mol. The van der Waals surface area contributed by atoms with Crippen LogP contribution in [0, 0.1) is 16.0 Å². The van der Waals surface area contributed by atoms with Crippen molar-refractivity contribution in [3.05, 3.63) is 52.1 Å². The third-order valence-electron chi connectivity index (χ3n) is 4.94. The third kappa shape index (κ3) is 4.39. The Bertz CT molecular complexity index is 565. The van der Waals surface area contributed by atoms with Gasteiger partial charge in [0.05, 0.1) is 4.92 Å². The van der Waals surface area contributed by atoms with Crippen LogP contribution in [-0.2, 0) is 6.54 Å². The fourth-order valence-electron chi connectivity index (χ4n) is 3.58. The second-order valence-electron chi connectivity index (χ2n) is 6.61. The molecule has 1 saturated heterocycles. The molecule has 0 radical (unpaired) electrons. The van der Waals surface area contributed by atoms with Crippen LogP contribution in [0.1, 0.15) is 24.8 Å². The van der Waals surface area contributed by atoms with Crippen molar-refractivity contribution in [1.29, 1.82) is 0 Å².